The highest BCUT2D eigenvalue weighted by Gasteiger charge is 2.21. The van der Waals surface area contributed by atoms with E-state index in [1.807, 2.05) is 24.3 Å². The highest BCUT2D eigenvalue weighted by molar-refractivity contribution is 6.07. The summed E-state index contributed by atoms with van der Waals surface area (Å²) in [5.41, 5.74) is 4.02. The van der Waals surface area contributed by atoms with Crippen LogP contribution in [0.15, 0.2) is 24.3 Å². The minimum atomic E-state index is 0. The lowest BCUT2D eigenvalue weighted by atomic mass is 9.89. The van der Waals surface area contributed by atoms with E-state index in [2.05, 4.69) is 5.32 Å². The second-order valence-corrected chi connectivity index (χ2v) is 4.72. The highest BCUT2D eigenvalue weighted by atomic mass is 35.5. The minimum absolute atomic E-state index is 0. The van der Waals surface area contributed by atoms with E-state index in [9.17, 15) is 4.79 Å². The van der Waals surface area contributed by atoms with Gasteiger partial charge in [-0.15, -0.1) is 12.4 Å². The molecule has 0 bridgehead atoms. The van der Waals surface area contributed by atoms with E-state index in [-0.39, 0.29) is 18.3 Å². The van der Waals surface area contributed by atoms with Crippen LogP contribution in [0, 0.1) is 0 Å². The van der Waals surface area contributed by atoms with Gasteiger partial charge in [0.15, 0.2) is 0 Å². The van der Waals surface area contributed by atoms with Crippen molar-refractivity contribution in [2.45, 2.75) is 25.7 Å². The summed E-state index contributed by atoms with van der Waals surface area (Å²) in [5, 5.41) is 3.73. The van der Waals surface area contributed by atoms with Crippen molar-refractivity contribution in [1.29, 1.82) is 0 Å². The zero-order valence-corrected chi connectivity index (χ0v) is 11.7. The molecular weight excluding hydrogens is 260 g/mol. The first-order valence-electron chi connectivity index (χ1n) is 6.44. The molecule has 1 N–H and O–H groups in total. The normalized spacial score (nSPS) is 13.5. The monoisotopic (exact) mass is 276 g/mol. The third kappa shape index (κ3) is 2.30. The van der Waals surface area contributed by atoms with Gasteiger partial charge in [0.1, 0.15) is 0 Å². The molecule has 2 aromatic rings. The van der Waals surface area contributed by atoms with Crippen molar-refractivity contribution in [3.05, 3.63) is 41.1 Å². The fourth-order valence-electron chi connectivity index (χ4n) is 2.76. The van der Waals surface area contributed by atoms with Crippen LogP contribution in [0.3, 0.4) is 0 Å². The van der Waals surface area contributed by atoms with Crippen LogP contribution in [0.4, 0.5) is 0 Å². The largest absolute Gasteiger partial charge is 0.355 e. The third-order valence-electron chi connectivity index (χ3n) is 3.62. The number of benzene rings is 1. The molecular formula is C15H17ClN2O. The predicted molar refractivity (Wildman–Crippen MR) is 79.0 cm³/mol. The number of hydrogen-bond donors (Lipinski definition) is 1. The number of fused-ring (bicyclic) bond motifs is 2. The molecule has 4 heteroatoms. The maximum Gasteiger partial charge on any atom is 0.252 e. The summed E-state index contributed by atoms with van der Waals surface area (Å²) in [4.78, 5) is 16.9. The van der Waals surface area contributed by atoms with Gasteiger partial charge in [-0.1, -0.05) is 18.2 Å². The number of nitrogens with zero attached hydrogens (tertiary/aromatic N) is 1. The van der Waals surface area contributed by atoms with Gasteiger partial charge in [-0.2, -0.15) is 0 Å². The molecule has 0 fully saturated rings. The summed E-state index contributed by atoms with van der Waals surface area (Å²) in [6.45, 7) is 0. The topological polar surface area (TPSA) is 42.0 Å². The quantitative estimate of drug-likeness (QED) is 0.870. The molecule has 1 aliphatic carbocycles. The lowest BCUT2D eigenvalue weighted by Crippen LogP contribution is -2.22. The van der Waals surface area contributed by atoms with E-state index in [1.165, 1.54) is 6.42 Å². The molecule has 1 heterocycles. The van der Waals surface area contributed by atoms with Gasteiger partial charge < -0.3 is 5.32 Å². The van der Waals surface area contributed by atoms with Crippen molar-refractivity contribution in [2.75, 3.05) is 7.05 Å². The molecule has 0 saturated heterocycles. The van der Waals surface area contributed by atoms with E-state index < -0.39 is 0 Å². The van der Waals surface area contributed by atoms with Crippen molar-refractivity contribution in [3.8, 4) is 0 Å². The zero-order valence-electron chi connectivity index (χ0n) is 10.9. The van der Waals surface area contributed by atoms with Crippen molar-refractivity contribution >= 4 is 29.2 Å². The number of amides is 1. The molecule has 0 unspecified atom stereocenters. The molecule has 3 nitrogen and oxygen atoms in total. The fraction of sp³-hybridized carbons (Fsp3) is 0.333. The molecule has 1 aliphatic rings. The first kappa shape index (κ1) is 13.8. The van der Waals surface area contributed by atoms with Gasteiger partial charge in [-0.05, 0) is 37.3 Å². The Morgan fingerprint density at radius 2 is 1.95 bits per heavy atom. The maximum absolute atomic E-state index is 12.2. The van der Waals surface area contributed by atoms with Gasteiger partial charge in [0.2, 0.25) is 0 Å². The molecule has 0 spiro atoms. The van der Waals surface area contributed by atoms with E-state index in [0.717, 1.165) is 47.0 Å². The van der Waals surface area contributed by atoms with Crippen molar-refractivity contribution in [1.82, 2.24) is 10.3 Å². The van der Waals surface area contributed by atoms with Crippen LogP contribution < -0.4 is 5.32 Å². The van der Waals surface area contributed by atoms with Crippen LogP contribution in [0.25, 0.3) is 10.9 Å². The Bertz CT molecular complexity index is 625. The van der Waals surface area contributed by atoms with Crippen LogP contribution in [0.5, 0.6) is 0 Å². The van der Waals surface area contributed by atoms with E-state index >= 15 is 0 Å². The van der Waals surface area contributed by atoms with Crippen LogP contribution in [0.1, 0.15) is 34.5 Å². The van der Waals surface area contributed by atoms with Gasteiger partial charge >= 0.3 is 0 Å². The predicted octanol–water partition coefficient (Wildman–Crippen LogP) is 2.90. The Morgan fingerprint density at radius 1 is 1.21 bits per heavy atom. The summed E-state index contributed by atoms with van der Waals surface area (Å²) in [5.74, 6) is 0.00625. The lowest BCUT2D eigenvalue weighted by molar-refractivity contribution is 0.0963. The lowest BCUT2D eigenvalue weighted by Gasteiger charge is -2.19. The average molecular weight is 277 g/mol. The number of rotatable bonds is 1. The number of aromatic nitrogens is 1. The fourth-order valence-corrected chi connectivity index (χ4v) is 2.76. The molecule has 0 aliphatic heterocycles. The molecule has 100 valence electrons. The molecule has 0 saturated carbocycles. The van der Waals surface area contributed by atoms with Gasteiger partial charge in [0, 0.05) is 18.1 Å². The first-order valence-corrected chi connectivity index (χ1v) is 6.44. The number of pyridine rings is 1. The number of hydrogen-bond acceptors (Lipinski definition) is 2. The van der Waals surface area contributed by atoms with Crippen LogP contribution in [-0.4, -0.2) is 17.9 Å². The number of para-hydroxylation sites is 1. The van der Waals surface area contributed by atoms with Crippen LogP contribution >= 0.6 is 12.4 Å². The summed E-state index contributed by atoms with van der Waals surface area (Å²) in [6, 6.07) is 7.91. The summed E-state index contributed by atoms with van der Waals surface area (Å²) in [6.07, 6.45) is 4.28. The van der Waals surface area contributed by atoms with Gasteiger partial charge in [0.05, 0.1) is 11.1 Å². The summed E-state index contributed by atoms with van der Waals surface area (Å²) in [7, 11) is 1.69. The Kier molecular flexibility index (Phi) is 4.05. The Balaban J connectivity index is 0.00000133. The molecule has 0 atom stereocenters. The van der Waals surface area contributed by atoms with Crippen molar-refractivity contribution in [3.63, 3.8) is 0 Å². The molecule has 1 amide bonds. The molecule has 3 rings (SSSR count). The van der Waals surface area contributed by atoms with Gasteiger partial charge in [-0.3, -0.25) is 9.78 Å². The van der Waals surface area contributed by atoms with E-state index in [0.29, 0.717) is 0 Å². The number of halogens is 1. The summed E-state index contributed by atoms with van der Waals surface area (Å²) >= 11 is 0. The van der Waals surface area contributed by atoms with Crippen LogP contribution in [-0.2, 0) is 12.8 Å². The van der Waals surface area contributed by atoms with Crippen molar-refractivity contribution in [2.24, 2.45) is 0 Å². The van der Waals surface area contributed by atoms with Crippen molar-refractivity contribution < 1.29 is 4.79 Å². The number of nitrogens with one attached hydrogen (secondary N) is 1. The molecule has 1 aromatic carbocycles. The van der Waals surface area contributed by atoms with E-state index in [1.54, 1.807) is 7.05 Å². The number of carbonyl (C=O) groups is 1. The molecule has 1 aromatic heterocycles. The molecule has 0 radical (unpaired) electrons. The van der Waals surface area contributed by atoms with Gasteiger partial charge in [-0.25, -0.2) is 0 Å². The second kappa shape index (κ2) is 5.57. The standard InChI is InChI=1S/C15H16N2O.ClH/c1-16-15(18)14-10-6-2-4-8-12(10)17-13-9-5-3-7-11(13)14;/h2,4,6,8H,3,5,7,9H2,1H3,(H,16,18);1H. The number of carbonyl (C=O) groups excluding carboxylic acids is 1. The average Bonchev–Trinajstić information content (AvgIpc) is 2.44. The first-order chi connectivity index (χ1) is 8.81. The Hall–Kier alpha value is -1.61. The third-order valence-corrected chi connectivity index (χ3v) is 3.62. The van der Waals surface area contributed by atoms with Crippen LogP contribution in [0.2, 0.25) is 0 Å². The zero-order chi connectivity index (χ0) is 12.5. The summed E-state index contributed by atoms with van der Waals surface area (Å²) < 4.78 is 0. The SMILES string of the molecule is CNC(=O)c1c2c(nc3ccccc13)CCCC2.Cl. The maximum atomic E-state index is 12.2. The smallest absolute Gasteiger partial charge is 0.252 e. The Morgan fingerprint density at radius 3 is 2.74 bits per heavy atom. The van der Waals surface area contributed by atoms with E-state index in [4.69, 9.17) is 4.98 Å². The number of aryl methyl sites for hydroxylation is 1. The minimum Gasteiger partial charge on any atom is -0.355 e. The second-order valence-electron chi connectivity index (χ2n) is 4.72. The Labute approximate surface area is 118 Å². The molecule has 19 heavy (non-hydrogen) atoms. The highest BCUT2D eigenvalue weighted by Crippen LogP contribution is 2.28. The van der Waals surface area contributed by atoms with Gasteiger partial charge in [0.25, 0.3) is 5.91 Å².